The fourth-order valence-electron chi connectivity index (χ4n) is 2.97. The van der Waals surface area contributed by atoms with Gasteiger partial charge in [0.1, 0.15) is 5.58 Å². The molecule has 2 heterocycles. The molecule has 4 heteroatoms. The van der Waals surface area contributed by atoms with Gasteiger partial charge in [0.2, 0.25) is 0 Å². The quantitative estimate of drug-likeness (QED) is 0.527. The number of aromatic carboxylic acids is 1. The Morgan fingerprint density at radius 3 is 2.40 bits per heavy atom. The number of benzene rings is 2. The number of carboxylic acid groups (broad SMARTS) is 1. The van der Waals surface area contributed by atoms with Crippen molar-refractivity contribution >= 4 is 16.9 Å². The molecule has 0 saturated carbocycles. The number of fused-ring (bicyclic) bond motifs is 1. The lowest BCUT2D eigenvalue weighted by Crippen LogP contribution is -1.94. The molecule has 0 aliphatic rings. The highest BCUT2D eigenvalue weighted by atomic mass is 16.4. The highest BCUT2D eigenvalue weighted by Crippen LogP contribution is 2.32. The first-order chi connectivity index (χ1) is 12.0. The third-order valence-corrected chi connectivity index (χ3v) is 4.60. The molecule has 4 aromatic rings. The number of hydrogen-bond donors (Lipinski definition) is 2. The smallest absolute Gasteiger partial charge is 0.335 e. The zero-order valence-corrected chi connectivity index (χ0v) is 14.0. The van der Waals surface area contributed by atoms with E-state index in [0.29, 0.717) is 0 Å². The molecule has 0 aliphatic carbocycles. The van der Waals surface area contributed by atoms with Gasteiger partial charge in [-0.15, -0.1) is 0 Å². The molecule has 2 aromatic carbocycles. The number of rotatable bonds is 3. The Hall–Kier alpha value is -3.27. The van der Waals surface area contributed by atoms with E-state index < -0.39 is 5.97 Å². The molecule has 25 heavy (non-hydrogen) atoms. The SMILES string of the molecule is Cc1ccc2cc(-c3ccc(-c4ccc(C(=O)O)cc4)[nH]3)oc2c1C. The zero-order chi connectivity index (χ0) is 17.6. The Balaban J connectivity index is 1.71. The van der Waals surface area contributed by atoms with Crippen LogP contribution in [-0.2, 0) is 0 Å². The van der Waals surface area contributed by atoms with Crippen LogP contribution in [0.5, 0.6) is 0 Å². The van der Waals surface area contributed by atoms with E-state index in [2.05, 4.69) is 31.0 Å². The monoisotopic (exact) mass is 331 g/mol. The summed E-state index contributed by atoms with van der Waals surface area (Å²) in [4.78, 5) is 14.3. The summed E-state index contributed by atoms with van der Waals surface area (Å²) in [7, 11) is 0. The fourth-order valence-corrected chi connectivity index (χ4v) is 2.97. The first-order valence-electron chi connectivity index (χ1n) is 8.06. The molecule has 0 unspecified atom stereocenters. The van der Waals surface area contributed by atoms with Crippen molar-refractivity contribution < 1.29 is 14.3 Å². The summed E-state index contributed by atoms with van der Waals surface area (Å²) in [5.41, 5.74) is 6.29. The molecule has 2 aromatic heterocycles. The van der Waals surface area contributed by atoms with Crippen molar-refractivity contribution in [3.8, 4) is 22.7 Å². The molecule has 0 atom stereocenters. The number of furan rings is 1. The van der Waals surface area contributed by atoms with Gasteiger partial charge < -0.3 is 14.5 Å². The summed E-state index contributed by atoms with van der Waals surface area (Å²) < 4.78 is 6.06. The van der Waals surface area contributed by atoms with Gasteiger partial charge in [-0.2, -0.15) is 0 Å². The molecule has 0 saturated heterocycles. The molecular weight excluding hydrogens is 314 g/mol. The van der Waals surface area contributed by atoms with Crippen LogP contribution in [0.4, 0.5) is 0 Å². The summed E-state index contributed by atoms with van der Waals surface area (Å²) in [6.45, 7) is 4.14. The van der Waals surface area contributed by atoms with Crippen molar-refractivity contribution in [1.82, 2.24) is 4.98 Å². The average Bonchev–Trinajstić information content (AvgIpc) is 3.25. The molecule has 0 aliphatic heterocycles. The van der Waals surface area contributed by atoms with Crippen molar-refractivity contribution in [2.75, 3.05) is 0 Å². The third kappa shape index (κ3) is 2.62. The summed E-state index contributed by atoms with van der Waals surface area (Å²) in [5.74, 6) is -0.135. The lowest BCUT2D eigenvalue weighted by atomic mass is 10.1. The zero-order valence-electron chi connectivity index (χ0n) is 14.0. The second-order valence-electron chi connectivity index (χ2n) is 6.20. The number of aromatic nitrogens is 1. The van der Waals surface area contributed by atoms with E-state index in [1.54, 1.807) is 24.3 Å². The van der Waals surface area contributed by atoms with Gasteiger partial charge in [0.15, 0.2) is 5.76 Å². The maximum absolute atomic E-state index is 11.0. The largest absolute Gasteiger partial charge is 0.478 e. The van der Waals surface area contributed by atoms with Crippen LogP contribution in [0.3, 0.4) is 0 Å². The van der Waals surface area contributed by atoms with Crippen LogP contribution < -0.4 is 0 Å². The van der Waals surface area contributed by atoms with Crippen LogP contribution >= 0.6 is 0 Å². The topological polar surface area (TPSA) is 66.2 Å². The van der Waals surface area contributed by atoms with Crippen molar-refractivity contribution in [2.45, 2.75) is 13.8 Å². The molecule has 4 nitrogen and oxygen atoms in total. The molecule has 0 radical (unpaired) electrons. The highest BCUT2D eigenvalue weighted by Gasteiger charge is 2.12. The van der Waals surface area contributed by atoms with E-state index in [-0.39, 0.29) is 5.56 Å². The van der Waals surface area contributed by atoms with E-state index in [1.165, 1.54) is 5.56 Å². The lowest BCUT2D eigenvalue weighted by Gasteiger charge is -2.00. The number of hydrogen-bond acceptors (Lipinski definition) is 2. The van der Waals surface area contributed by atoms with Crippen molar-refractivity contribution in [3.63, 3.8) is 0 Å². The van der Waals surface area contributed by atoms with Gasteiger partial charge in [-0.05, 0) is 60.9 Å². The van der Waals surface area contributed by atoms with Gasteiger partial charge >= 0.3 is 5.97 Å². The second-order valence-corrected chi connectivity index (χ2v) is 6.20. The third-order valence-electron chi connectivity index (χ3n) is 4.60. The molecule has 4 rings (SSSR count). The molecule has 0 fully saturated rings. The lowest BCUT2D eigenvalue weighted by molar-refractivity contribution is 0.0697. The Bertz CT molecular complexity index is 1080. The number of nitrogens with one attached hydrogen (secondary N) is 1. The average molecular weight is 331 g/mol. The number of aryl methyl sites for hydroxylation is 2. The van der Waals surface area contributed by atoms with Crippen molar-refractivity contribution in [3.05, 3.63) is 71.3 Å². The Morgan fingerprint density at radius 2 is 1.68 bits per heavy atom. The summed E-state index contributed by atoms with van der Waals surface area (Å²) in [6.07, 6.45) is 0. The maximum atomic E-state index is 11.0. The molecule has 0 spiro atoms. The normalized spacial score (nSPS) is 11.1. The van der Waals surface area contributed by atoms with Gasteiger partial charge in [0.25, 0.3) is 0 Å². The summed E-state index contributed by atoms with van der Waals surface area (Å²) >= 11 is 0. The van der Waals surface area contributed by atoms with Crippen LogP contribution in [0.25, 0.3) is 33.7 Å². The number of aromatic amines is 1. The fraction of sp³-hybridized carbons (Fsp3) is 0.0952. The van der Waals surface area contributed by atoms with E-state index in [9.17, 15) is 4.79 Å². The molecule has 124 valence electrons. The van der Waals surface area contributed by atoms with E-state index >= 15 is 0 Å². The van der Waals surface area contributed by atoms with Gasteiger partial charge in [0.05, 0.1) is 11.3 Å². The van der Waals surface area contributed by atoms with Gasteiger partial charge in [-0.25, -0.2) is 4.79 Å². The first-order valence-corrected chi connectivity index (χ1v) is 8.06. The first kappa shape index (κ1) is 15.3. The molecule has 2 N–H and O–H groups in total. The van der Waals surface area contributed by atoms with Crippen molar-refractivity contribution in [1.29, 1.82) is 0 Å². The number of carbonyl (C=O) groups is 1. The standard InChI is InChI=1S/C21H17NO3/c1-12-3-4-16-11-19(25-20(16)13(12)2)18-10-9-17(22-18)14-5-7-15(8-6-14)21(23)24/h3-11,22H,1-2H3,(H,23,24). The van der Waals surface area contributed by atoms with Crippen LogP contribution in [-0.4, -0.2) is 16.1 Å². The summed E-state index contributed by atoms with van der Waals surface area (Å²) in [6, 6.07) is 16.9. The Morgan fingerprint density at radius 1 is 0.960 bits per heavy atom. The van der Waals surface area contributed by atoms with Crippen LogP contribution in [0.1, 0.15) is 21.5 Å². The van der Waals surface area contributed by atoms with E-state index in [1.807, 2.05) is 18.2 Å². The molecular formula is C21H17NO3. The minimum Gasteiger partial charge on any atom is -0.478 e. The molecule has 0 bridgehead atoms. The Labute approximate surface area is 144 Å². The Kier molecular flexibility index (Phi) is 3.46. The number of carboxylic acids is 1. The van der Waals surface area contributed by atoms with Crippen molar-refractivity contribution in [2.24, 2.45) is 0 Å². The summed E-state index contributed by atoms with van der Waals surface area (Å²) in [5, 5.41) is 10.1. The van der Waals surface area contributed by atoms with Crippen LogP contribution in [0.2, 0.25) is 0 Å². The van der Waals surface area contributed by atoms with E-state index in [0.717, 1.165) is 39.2 Å². The predicted molar refractivity (Wildman–Crippen MR) is 97.9 cm³/mol. The van der Waals surface area contributed by atoms with Gasteiger partial charge in [-0.1, -0.05) is 24.3 Å². The maximum Gasteiger partial charge on any atom is 0.335 e. The highest BCUT2D eigenvalue weighted by molar-refractivity contribution is 5.88. The van der Waals surface area contributed by atoms with Crippen LogP contribution in [0, 0.1) is 13.8 Å². The van der Waals surface area contributed by atoms with E-state index in [4.69, 9.17) is 9.52 Å². The van der Waals surface area contributed by atoms with Gasteiger partial charge in [-0.3, -0.25) is 0 Å². The number of H-pyrrole nitrogens is 1. The molecule has 0 amide bonds. The van der Waals surface area contributed by atoms with Gasteiger partial charge in [0, 0.05) is 11.1 Å². The minimum absolute atomic E-state index is 0.277. The minimum atomic E-state index is -0.924. The second kappa shape index (κ2) is 5.67. The van der Waals surface area contributed by atoms with Crippen LogP contribution in [0.15, 0.2) is 59.0 Å². The predicted octanol–water partition coefficient (Wildman–Crippen LogP) is 5.41.